The van der Waals surface area contributed by atoms with E-state index in [2.05, 4.69) is 54.9 Å². The van der Waals surface area contributed by atoms with Gasteiger partial charge in [-0.2, -0.15) is 0 Å². The zero-order chi connectivity index (χ0) is 14.4. The molecule has 0 spiro atoms. The number of hydrogen-bond acceptors (Lipinski definition) is 2. The molecule has 2 rings (SSSR count). The van der Waals surface area contributed by atoms with E-state index in [1.165, 1.54) is 37.9 Å². The molecular weight excluding hydrogens is 244 g/mol. The molecule has 1 aromatic rings. The molecular formula is C18H26N2. The topological polar surface area (TPSA) is 29.3 Å². The van der Waals surface area contributed by atoms with E-state index in [9.17, 15) is 0 Å². The number of benzene rings is 1. The number of rotatable bonds is 4. The molecule has 2 N–H and O–H groups in total. The number of nitrogens with two attached hydrogens (primary N) is 1. The van der Waals surface area contributed by atoms with Crippen molar-refractivity contribution in [2.45, 2.75) is 39.7 Å². The van der Waals surface area contributed by atoms with Crippen molar-refractivity contribution in [2.75, 3.05) is 19.6 Å². The zero-order valence-electron chi connectivity index (χ0n) is 12.8. The molecule has 1 saturated heterocycles. The number of nitrogens with zero attached hydrogens (tertiary/aromatic N) is 1. The second-order valence-electron chi connectivity index (χ2n) is 5.87. The van der Waals surface area contributed by atoms with Crippen LogP contribution < -0.4 is 5.73 Å². The van der Waals surface area contributed by atoms with Gasteiger partial charge in [0.15, 0.2) is 0 Å². The van der Waals surface area contributed by atoms with E-state index in [4.69, 9.17) is 5.73 Å². The molecule has 1 aromatic carbocycles. The quantitative estimate of drug-likeness (QED) is 0.852. The van der Waals surface area contributed by atoms with Gasteiger partial charge in [-0.15, -0.1) is 0 Å². The summed E-state index contributed by atoms with van der Waals surface area (Å²) >= 11 is 0. The molecule has 2 heteroatoms. The van der Waals surface area contributed by atoms with Crippen molar-refractivity contribution in [1.29, 1.82) is 0 Å². The molecule has 0 aromatic heterocycles. The van der Waals surface area contributed by atoms with Gasteiger partial charge in [0.05, 0.1) is 6.54 Å². The summed E-state index contributed by atoms with van der Waals surface area (Å²) in [4.78, 5) is 2.59. The summed E-state index contributed by atoms with van der Waals surface area (Å²) in [5.74, 6) is 5.96. The summed E-state index contributed by atoms with van der Waals surface area (Å²) in [5.41, 5.74) is 8.38. The van der Waals surface area contributed by atoms with Crippen LogP contribution in [0.25, 0.3) is 0 Å². The first-order valence-corrected chi connectivity index (χ1v) is 7.71. The minimum Gasteiger partial charge on any atom is -0.320 e. The molecule has 0 unspecified atom stereocenters. The summed E-state index contributed by atoms with van der Waals surface area (Å²) in [5, 5.41) is 0. The molecule has 1 heterocycles. The Balaban J connectivity index is 1.94. The third-order valence-electron chi connectivity index (χ3n) is 4.71. The first-order valence-electron chi connectivity index (χ1n) is 7.71. The van der Waals surface area contributed by atoms with Crippen LogP contribution in [-0.2, 0) is 6.54 Å². The Bertz CT molecular complexity index is 474. The Morgan fingerprint density at radius 1 is 1.20 bits per heavy atom. The third kappa shape index (κ3) is 3.62. The lowest BCUT2D eigenvalue weighted by atomic mass is 9.82. The van der Waals surface area contributed by atoms with E-state index in [-0.39, 0.29) is 0 Å². The Kier molecular flexibility index (Phi) is 5.23. The standard InChI is InChI=1S/C18H26N2/c1-3-18(4-2)11-13-20(15-18)14-17-9-7-16(8-10-17)6-5-12-19/h7-10H,3-4,11-15,19H2,1-2H3. The van der Waals surface area contributed by atoms with E-state index in [0.29, 0.717) is 12.0 Å². The molecule has 1 fully saturated rings. The Labute approximate surface area is 123 Å². The van der Waals surface area contributed by atoms with Crippen molar-refractivity contribution in [2.24, 2.45) is 11.1 Å². The highest BCUT2D eigenvalue weighted by atomic mass is 15.2. The van der Waals surface area contributed by atoms with E-state index in [0.717, 1.165) is 12.1 Å². The lowest BCUT2D eigenvalue weighted by molar-refractivity contribution is 0.236. The smallest absolute Gasteiger partial charge is 0.0555 e. The molecule has 0 radical (unpaired) electrons. The van der Waals surface area contributed by atoms with Gasteiger partial charge in [-0.25, -0.2) is 0 Å². The van der Waals surface area contributed by atoms with Crippen molar-refractivity contribution >= 4 is 0 Å². The monoisotopic (exact) mass is 270 g/mol. The largest absolute Gasteiger partial charge is 0.320 e. The Morgan fingerprint density at radius 3 is 2.45 bits per heavy atom. The molecule has 0 aliphatic carbocycles. The van der Waals surface area contributed by atoms with E-state index >= 15 is 0 Å². The highest BCUT2D eigenvalue weighted by molar-refractivity contribution is 5.36. The number of likely N-dealkylation sites (tertiary alicyclic amines) is 1. The molecule has 2 nitrogen and oxygen atoms in total. The highest BCUT2D eigenvalue weighted by Gasteiger charge is 2.34. The lowest BCUT2D eigenvalue weighted by Gasteiger charge is -2.26. The van der Waals surface area contributed by atoms with Crippen LogP contribution in [0.3, 0.4) is 0 Å². The Morgan fingerprint density at radius 2 is 1.90 bits per heavy atom. The van der Waals surface area contributed by atoms with E-state index in [1.807, 2.05) is 0 Å². The summed E-state index contributed by atoms with van der Waals surface area (Å²) < 4.78 is 0. The van der Waals surface area contributed by atoms with Crippen LogP contribution in [0.15, 0.2) is 24.3 Å². The first-order chi connectivity index (χ1) is 9.71. The summed E-state index contributed by atoms with van der Waals surface area (Å²) in [6.07, 6.45) is 3.95. The number of hydrogen-bond donors (Lipinski definition) is 1. The average molecular weight is 270 g/mol. The van der Waals surface area contributed by atoms with Gasteiger partial charge in [0.25, 0.3) is 0 Å². The van der Waals surface area contributed by atoms with Crippen molar-refractivity contribution < 1.29 is 0 Å². The van der Waals surface area contributed by atoms with E-state index < -0.39 is 0 Å². The first kappa shape index (κ1) is 15.1. The Hall–Kier alpha value is -1.30. The molecule has 0 bridgehead atoms. The zero-order valence-corrected chi connectivity index (χ0v) is 12.8. The molecule has 0 atom stereocenters. The van der Waals surface area contributed by atoms with Gasteiger partial charge in [-0.05, 0) is 48.9 Å². The van der Waals surface area contributed by atoms with Gasteiger partial charge in [0.2, 0.25) is 0 Å². The maximum atomic E-state index is 5.39. The summed E-state index contributed by atoms with van der Waals surface area (Å²) in [6, 6.07) is 8.58. The van der Waals surface area contributed by atoms with Crippen molar-refractivity contribution in [3.05, 3.63) is 35.4 Å². The minimum absolute atomic E-state index is 0.422. The normalized spacial score (nSPS) is 17.8. The van der Waals surface area contributed by atoms with Crippen LogP contribution >= 0.6 is 0 Å². The van der Waals surface area contributed by atoms with Crippen molar-refractivity contribution in [3.8, 4) is 11.8 Å². The van der Waals surface area contributed by atoms with E-state index in [1.54, 1.807) is 0 Å². The third-order valence-corrected chi connectivity index (χ3v) is 4.71. The SMILES string of the molecule is CCC1(CC)CCN(Cc2ccc(C#CCN)cc2)C1. The second-order valence-corrected chi connectivity index (χ2v) is 5.87. The average Bonchev–Trinajstić information content (AvgIpc) is 2.90. The van der Waals surface area contributed by atoms with Crippen LogP contribution in [0.2, 0.25) is 0 Å². The fourth-order valence-electron chi connectivity index (χ4n) is 3.09. The van der Waals surface area contributed by atoms with Crippen LogP contribution in [0.5, 0.6) is 0 Å². The lowest BCUT2D eigenvalue weighted by Crippen LogP contribution is -2.26. The van der Waals surface area contributed by atoms with Gasteiger partial charge in [0, 0.05) is 18.7 Å². The molecule has 0 saturated carbocycles. The fraction of sp³-hybridized carbons (Fsp3) is 0.556. The van der Waals surface area contributed by atoms with Crippen LogP contribution in [0, 0.1) is 17.3 Å². The fourth-order valence-corrected chi connectivity index (χ4v) is 3.09. The summed E-state index contributed by atoms with van der Waals surface area (Å²) in [6.45, 7) is 8.62. The predicted octanol–water partition coefficient (Wildman–Crippen LogP) is 3.01. The molecule has 1 aliphatic rings. The van der Waals surface area contributed by atoms with Gasteiger partial charge in [0.1, 0.15) is 0 Å². The van der Waals surface area contributed by atoms with Crippen LogP contribution in [0.1, 0.15) is 44.2 Å². The maximum absolute atomic E-state index is 5.39. The maximum Gasteiger partial charge on any atom is 0.0555 e. The van der Waals surface area contributed by atoms with Gasteiger partial charge in [-0.1, -0.05) is 37.8 Å². The van der Waals surface area contributed by atoms with Crippen LogP contribution in [0.4, 0.5) is 0 Å². The van der Waals surface area contributed by atoms with Crippen molar-refractivity contribution in [3.63, 3.8) is 0 Å². The van der Waals surface area contributed by atoms with Crippen LogP contribution in [-0.4, -0.2) is 24.5 Å². The molecule has 108 valence electrons. The minimum atomic E-state index is 0.422. The highest BCUT2D eigenvalue weighted by Crippen LogP contribution is 2.37. The molecule has 1 aliphatic heterocycles. The van der Waals surface area contributed by atoms with Gasteiger partial charge >= 0.3 is 0 Å². The predicted molar refractivity (Wildman–Crippen MR) is 85.3 cm³/mol. The second kappa shape index (κ2) is 6.92. The summed E-state index contributed by atoms with van der Waals surface area (Å²) in [7, 11) is 0. The van der Waals surface area contributed by atoms with Gasteiger partial charge in [-0.3, -0.25) is 4.90 Å². The van der Waals surface area contributed by atoms with Crippen molar-refractivity contribution in [1.82, 2.24) is 4.90 Å². The molecule has 0 amide bonds. The van der Waals surface area contributed by atoms with Gasteiger partial charge < -0.3 is 5.73 Å². The molecule has 20 heavy (non-hydrogen) atoms.